The van der Waals surface area contributed by atoms with Gasteiger partial charge >= 0.3 is 0 Å². The summed E-state index contributed by atoms with van der Waals surface area (Å²) in [5.74, 6) is 1.67. The molecule has 0 aliphatic carbocycles. The zero-order valence-electron chi connectivity index (χ0n) is 10.8. The lowest BCUT2D eigenvalue weighted by Crippen LogP contribution is -1.85. The Balaban J connectivity index is 0.00000147. The van der Waals surface area contributed by atoms with Crippen LogP contribution < -0.4 is 4.74 Å². The summed E-state index contributed by atoms with van der Waals surface area (Å²) in [6.45, 7) is 0. The largest absolute Gasteiger partial charge is 0.457 e. The van der Waals surface area contributed by atoms with Crippen molar-refractivity contribution in [1.82, 2.24) is 4.98 Å². The molecule has 0 atom stereocenters. The highest BCUT2D eigenvalue weighted by Gasteiger charge is 2.00. The van der Waals surface area contributed by atoms with Crippen LogP contribution in [-0.4, -0.2) is 4.98 Å². The molecule has 3 rings (SSSR count). The van der Waals surface area contributed by atoms with Crippen LogP contribution in [0.25, 0.3) is 11.3 Å². The van der Waals surface area contributed by atoms with Crippen LogP contribution in [0.3, 0.4) is 0 Å². The van der Waals surface area contributed by atoms with E-state index in [0.717, 1.165) is 22.8 Å². The van der Waals surface area contributed by atoms with Gasteiger partial charge in [-0.3, -0.25) is 4.98 Å². The zero-order valence-corrected chi connectivity index (χ0v) is 11.6. The van der Waals surface area contributed by atoms with Crippen molar-refractivity contribution in [1.29, 1.82) is 0 Å². The minimum absolute atomic E-state index is 0. The molecule has 2 nitrogen and oxygen atoms in total. The molecule has 0 spiro atoms. The molecule has 0 saturated heterocycles. The van der Waals surface area contributed by atoms with Gasteiger partial charge in [0.2, 0.25) is 0 Å². The van der Waals surface area contributed by atoms with Crippen LogP contribution in [0.5, 0.6) is 11.5 Å². The van der Waals surface area contributed by atoms with Crippen LogP contribution in [0.15, 0.2) is 79.0 Å². The van der Waals surface area contributed by atoms with E-state index in [1.54, 1.807) is 6.20 Å². The quantitative estimate of drug-likeness (QED) is 0.677. The second kappa shape index (κ2) is 6.73. The van der Waals surface area contributed by atoms with Gasteiger partial charge in [0.25, 0.3) is 0 Å². The fourth-order valence-corrected chi connectivity index (χ4v) is 1.85. The number of halogens is 1. The summed E-state index contributed by atoms with van der Waals surface area (Å²) in [4.78, 5) is 4.32. The van der Waals surface area contributed by atoms with Gasteiger partial charge in [0, 0.05) is 11.8 Å². The van der Waals surface area contributed by atoms with Crippen molar-refractivity contribution in [2.45, 2.75) is 0 Å². The average Bonchev–Trinajstić information content (AvgIpc) is 2.50. The molecule has 100 valence electrons. The molecule has 3 heteroatoms. The molecule has 0 fully saturated rings. The number of ether oxygens (including phenoxy) is 1. The number of hydrogen-bond acceptors (Lipinski definition) is 2. The van der Waals surface area contributed by atoms with Crippen LogP contribution in [-0.2, 0) is 0 Å². The van der Waals surface area contributed by atoms with Crippen molar-refractivity contribution in [3.63, 3.8) is 0 Å². The fourth-order valence-electron chi connectivity index (χ4n) is 1.85. The Kier molecular flexibility index (Phi) is 4.75. The topological polar surface area (TPSA) is 22.1 Å². The molecule has 0 saturated carbocycles. The fraction of sp³-hybridized carbons (Fsp3) is 0. The third-order valence-corrected chi connectivity index (χ3v) is 2.79. The number of pyridine rings is 1. The molecule has 0 aliphatic rings. The van der Waals surface area contributed by atoms with E-state index in [4.69, 9.17) is 4.74 Å². The van der Waals surface area contributed by atoms with Gasteiger partial charge in [-0.2, -0.15) is 0 Å². The van der Waals surface area contributed by atoms with E-state index in [1.807, 2.05) is 72.8 Å². The molecule has 0 amide bonds. The lowest BCUT2D eigenvalue weighted by atomic mass is 10.1. The van der Waals surface area contributed by atoms with Gasteiger partial charge in [-0.1, -0.05) is 24.3 Å². The molecule has 0 radical (unpaired) electrons. The number of hydrogen-bond donors (Lipinski definition) is 0. The van der Waals surface area contributed by atoms with E-state index in [-0.39, 0.29) is 12.4 Å². The average molecular weight is 284 g/mol. The molecule has 0 aliphatic heterocycles. The first kappa shape index (κ1) is 14.1. The molecule has 20 heavy (non-hydrogen) atoms. The second-order valence-electron chi connectivity index (χ2n) is 4.15. The van der Waals surface area contributed by atoms with E-state index in [2.05, 4.69) is 4.98 Å². The predicted octanol–water partition coefficient (Wildman–Crippen LogP) is 4.96. The maximum atomic E-state index is 5.75. The highest BCUT2D eigenvalue weighted by molar-refractivity contribution is 5.85. The summed E-state index contributed by atoms with van der Waals surface area (Å²) in [7, 11) is 0. The Morgan fingerprint density at radius 1 is 0.650 bits per heavy atom. The van der Waals surface area contributed by atoms with Gasteiger partial charge in [-0.15, -0.1) is 12.4 Å². The van der Waals surface area contributed by atoms with Gasteiger partial charge in [-0.25, -0.2) is 0 Å². The Morgan fingerprint density at radius 2 is 1.30 bits per heavy atom. The number of para-hydroxylation sites is 1. The molecule has 1 heterocycles. The SMILES string of the molecule is Cl.c1ccc(Oc2ccc(-c3ccccn3)cc2)cc1. The molecular formula is C17H14ClNO. The molecule has 0 N–H and O–H groups in total. The van der Waals surface area contributed by atoms with E-state index >= 15 is 0 Å². The van der Waals surface area contributed by atoms with Crippen LogP contribution in [0.1, 0.15) is 0 Å². The Bertz CT molecular complexity index is 639. The summed E-state index contributed by atoms with van der Waals surface area (Å²) < 4.78 is 5.75. The first-order valence-corrected chi connectivity index (χ1v) is 6.16. The first-order chi connectivity index (χ1) is 9.42. The number of benzene rings is 2. The summed E-state index contributed by atoms with van der Waals surface area (Å²) in [6.07, 6.45) is 1.80. The highest BCUT2D eigenvalue weighted by Crippen LogP contribution is 2.24. The van der Waals surface area contributed by atoms with Gasteiger partial charge in [0.05, 0.1) is 5.69 Å². The molecule has 0 unspecified atom stereocenters. The monoisotopic (exact) mass is 283 g/mol. The summed E-state index contributed by atoms with van der Waals surface area (Å²) in [6, 6.07) is 23.6. The van der Waals surface area contributed by atoms with Gasteiger partial charge in [0.1, 0.15) is 11.5 Å². The predicted molar refractivity (Wildman–Crippen MR) is 83.4 cm³/mol. The molecule has 0 bridgehead atoms. The Morgan fingerprint density at radius 3 is 1.95 bits per heavy atom. The van der Waals surface area contributed by atoms with Crippen LogP contribution >= 0.6 is 12.4 Å². The lowest BCUT2D eigenvalue weighted by molar-refractivity contribution is 0.483. The van der Waals surface area contributed by atoms with Crippen molar-refractivity contribution in [3.05, 3.63) is 79.0 Å². The second-order valence-corrected chi connectivity index (χ2v) is 4.15. The standard InChI is InChI=1S/C17H13NO.ClH/c1-2-6-15(7-3-1)19-16-11-9-14(10-12-16)17-8-4-5-13-18-17;/h1-13H;1H. The highest BCUT2D eigenvalue weighted by atomic mass is 35.5. The Labute approximate surface area is 124 Å². The van der Waals surface area contributed by atoms with E-state index in [1.165, 1.54) is 0 Å². The lowest BCUT2D eigenvalue weighted by Gasteiger charge is -2.06. The minimum Gasteiger partial charge on any atom is -0.457 e. The van der Waals surface area contributed by atoms with Crippen LogP contribution in [0.2, 0.25) is 0 Å². The van der Waals surface area contributed by atoms with Gasteiger partial charge in [-0.05, 0) is 48.5 Å². The van der Waals surface area contributed by atoms with Crippen molar-refractivity contribution in [2.75, 3.05) is 0 Å². The van der Waals surface area contributed by atoms with Crippen LogP contribution in [0, 0.1) is 0 Å². The third kappa shape index (κ3) is 3.37. The number of nitrogens with zero attached hydrogens (tertiary/aromatic N) is 1. The maximum absolute atomic E-state index is 5.75. The molecule has 1 aromatic heterocycles. The van der Waals surface area contributed by atoms with E-state index in [9.17, 15) is 0 Å². The normalized spacial score (nSPS) is 9.60. The van der Waals surface area contributed by atoms with Crippen molar-refractivity contribution < 1.29 is 4.74 Å². The number of aromatic nitrogens is 1. The van der Waals surface area contributed by atoms with Crippen molar-refractivity contribution in [3.8, 4) is 22.8 Å². The van der Waals surface area contributed by atoms with E-state index in [0.29, 0.717) is 0 Å². The maximum Gasteiger partial charge on any atom is 0.127 e. The third-order valence-electron chi connectivity index (χ3n) is 2.79. The first-order valence-electron chi connectivity index (χ1n) is 6.16. The van der Waals surface area contributed by atoms with Crippen LogP contribution in [0.4, 0.5) is 0 Å². The van der Waals surface area contributed by atoms with Gasteiger partial charge in [0.15, 0.2) is 0 Å². The molecule has 3 aromatic rings. The van der Waals surface area contributed by atoms with E-state index < -0.39 is 0 Å². The molecule has 2 aromatic carbocycles. The van der Waals surface area contributed by atoms with Crippen molar-refractivity contribution >= 4 is 12.4 Å². The summed E-state index contributed by atoms with van der Waals surface area (Å²) >= 11 is 0. The number of rotatable bonds is 3. The minimum atomic E-state index is 0. The van der Waals surface area contributed by atoms with Gasteiger partial charge < -0.3 is 4.74 Å². The van der Waals surface area contributed by atoms with Crippen molar-refractivity contribution in [2.24, 2.45) is 0 Å². The summed E-state index contributed by atoms with van der Waals surface area (Å²) in [5, 5.41) is 0. The summed E-state index contributed by atoms with van der Waals surface area (Å²) in [5.41, 5.74) is 2.05. The smallest absolute Gasteiger partial charge is 0.127 e. The molecular weight excluding hydrogens is 270 g/mol. The Hall–Kier alpha value is -2.32. The zero-order chi connectivity index (χ0) is 12.9.